The van der Waals surface area contributed by atoms with Gasteiger partial charge in [0.2, 0.25) is 5.91 Å². The lowest BCUT2D eigenvalue weighted by Crippen LogP contribution is -2.39. The average molecular weight is 353 g/mol. The van der Waals surface area contributed by atoms with E-state index in [1.807, 2.05) is 21.7 Å². The molecule has 1 aromatic heterocycles. The molecule has 3 rings (SSSR count). The van der Waals surface area contributed by atoms with Gasteiger partial charge in [-0.3, -0.25) is 4.79 Å². The van der Waals surface area contributed by atoms with E-state index in [1.54, 1.807) is 18.7 Å². The number of benzene rings is 1. The lowest BCUT2D eigenvalue weighted by Gasteiger charge is -2.32. The zero-order valence-electron chi connectivity index (χ0n) is 12.7. The van der Waals surface area contributed by atoms with Crippen LogP contribution in [0, 0.1) is 0 Å². The average Bonchev–Trinajstić information content (AvgIpc) is 3.10. The molecule has 0 aliphatic carbocycles. The Morgan fingerprint density at radius 1 is 1.26 bits per heavy atom. The van der Waals surface area contributed by atoms with E-state index < -0.39 is 0 Å². The Labute approximate surface area is 145 Å². The molecule has 23 heavy (non-hydrogen) atoms. The summed E-state index contributed by atoms with van der Waals surface area (Å²) in [7, 11) is 0. The standard InChI is InChI=1S/C16H18Cl2N4O/c17-14-3-1-2-12(16(14)18)4-5-15(23)21-8-6-13(7-9-21)22-11-19-10-20-22/h1-3,10-11,13H,4-9H2. The lowest BCUT2D eigenvalue weighted by molar-refractivity contribution is -0.132. The first kappa shape index (κ1) is 16.3. The Bertz CT molecular complexity index is 667. The van der Waals surface area contributed by atoms with Crippen molar-refractivity contribution in [3.8, 4) is 0 Å². The van der Waals surface area contributed by atoms with Gasteiger partial charge in [-0.05, 0) is 30.9 Å². The summed E-state index contributed by atoms with van der Waals surface area (Å²) in [6.45, 7) is 1.51. The molecule has 1 fully saturated rings. The Balaban J connectivity index is 1.51. The Hall–Kier alpha value is -1.59. The van der Waals surface area contributed by atoms with Crippen LogP contribution in [0.5, 0.6) is 0 Å². The first-order valence-electron chi connectivity index (χ1n) is 7.70. The van der Waals surface area contributed by atoms with E-state index in [0.29, 0.717) is 28.9 Å². The predicted octanol–water partition coefficient (Wildman–Crippen LogP) is 3.38. The summed E-state index contributed by atoms with van der Waals surface area (Å²) in [6.07, 6.45) is 6.17. The number of likely N-dealkylation sites (tertiary alicyclic amines) is 1. The fraction of sp³-hybridized carbons (Fsp3) is 0.438. The van der Waals surface area contributed by atoms with Gasteiger partial charge in [0, 0.05) is 19.5 Å². The molecule has 0 N–H and O–H groups in total. The zero-order valence-corrected chi connectivity index (χ0v) is 14.2. The summed E-state index contributed by atoms with van der Waals surface area (Å²) in [5, 5.41) is 5.26. The molecular weight excluding hydrogens is 335 g/mol. The highest BCUT2D eigenvalue weighted by atomic mass is 35.5. The number of hydrogen-bond acceptors (Lipinski definition) is 3. The van der Waals surface area contributed by atoms with Gasteiger partial charge in [-0.1, -0.05) is 35.3 Å². The van der Waals surface area contributed by atoms with E-state index in [1.165, 1.54) is 0 Å². The second kappa shape index (κ2) is 7.32. The van der Waals surface area contributed by atoms with Crippen molar-refractivity contribution in [2.24, 2.45) is 0 Å². The normalized spacial score (nSPS) is 15.8. The maximum atomic E-state index is 12.4. The third-order valence-corrected chi connectivity index (χ3v) is 5.13. The van der Waals surface area contributed by atoms with E-state index in [9.17, 15) is 4.79 Å². The van der Waals surface area contributed by atoms with Crippen LogP contribution in [0.1, 0.15) is 30.9 Å². The number of halogens is 2. The third-order valence-electron chi connectivity index (χ3n) is 4.27. The summed E-state index contributed by atoms with van der Waals surface area (Å²) in [6, 6.07) is 5.86. The van der Waals surface area contributed by atoms with Gasteiger partial charge in [0.15, 0.2) is 0 Å². The minimum atomic E-state index is 0.165. The van der Waals surface area contributed by atoms with Crippen LogP contribution < -0.4 is 0 Å². The van der Waals surface area contributed by atoms with Crippen molar-refractivity contribution >= 4 is 29.1 Å². The van der Waals surface area contributed by atoms with Crippen molar-refractivity contribution in [1.82, 2.24) is 19.7 Å². The molecule has 7 heteroatoms. The molecule has 1 aliphatic heterocycles. The summed E-state index contributed by atoms with van der Waals surface area (Å²) in [5.74, 6) is 0.165. The molecule has 122 valence electrons. The van der Waals surface area contributed by atoms with Crippen molar-refractivity contribution in [1.29, 1.82) is 0 Å². The van der Waals surface area contributed by atoms with Crippen LogP contribution in [-0.4, -0.2) is 38.7 Å². The van der Waals surface area contributed by atoms with E-state index >= 15 is 0 Å². The van der Waals surface area contributed by atoms with Crippen molar-refractivity contribution < 1.29 is 4.79 Å². The smallest absolute Gasteiger partial charge is 0.222 e. The molecule has 2 aromatic rings. The zero-order chi connectivity index (χ0) is 16.2. The van der Waals surface area contributed by atoms with Crippen LogP contribution in [0.4, 0.5) is 0 Å². The maximum absolute atomic E-state index is 12.4. The number of nitrogens with zero attached hydrogens (tertiary/aromatic N) is 4. The van der Waals surface area contributed by atoms with Crippen LogP contribution in [-0.2, 0) is 11.2 Å². The van der Waals surface area contributed by atoms with Crippen LogP contribution >= 0.6 is 23.2 Å². The SMILES string of the molecule is O=C(CCc1cccc(Cl)c1Cl)N1CCC(n2cncn2)CC1. The first-order valence-corrected chi connectivity index (χ1v) is 8.45. The number of rotatable bonds is 4. The molecule has 0 radical (unpaired) electrons. The molecule has 5 nitrogen and oxygen atoms in total. The number of carbonyl (C=O) groups is 1. The molecule has 1 saturated heterocycles. The highest BCUT2D eigenvalue weighted by Gasteiger charge is 2.24. The Kier molecular flexibility index (Phi) is 5.18. The molecule has 0 saturated carbocycles. The maximum Gasteiger partial charge on any atom is 0.222 e. The molecule has 1 aromatic carbocycles. The molecular formula is C16H18Cl2N4O. The number of hydrogen-bond donors (Lipinski definition) is 0. The topological polar surface area (TPSA) is 51.0 Å². The summed E-state index contributed by atoms with van der Waals surface area (Å²) < 4.78 is 1.88. The van der Waals surface area contributed by atoms with Crippen LogP contribution in [0.25, 0.3) is 0 Å². The minimum Gasteiger partial charge on any atom is -0.343 e. The summed E-state index contributed by atoms with van der Waals surface area (Å²) >= 11 is 12.2. The molecule has 1 amide bonds. The largest absolute Gasteiger partial charge is 0.343 e. The number of amides is 1. The molecule has 0 unspecified atom stereocenters. The van der Waals surface area contributed by atoms with Gasteiger partial charge < -0.3 is 4.90 Å². The highest BCUT2D eigenvalue weighted by Crippen LogP contribution is 2.27. The van der Waals surface area contributed by atoms with Gasteiger partial charge in [-0.25, -0.2) is 9.67 Å². The van der Waals surface area contributed by atoms with Crippen molar-refractivity contribution in [3.63, 3.8) is 0 Å². The van der Waals surface area contributed by atoms with Crippen LogP contribution in [0.2, 0.25) is 10.0 Å². The van der Waals surface area contributed by atoms with Gasteiger partial charge in [0.25, 0.3) is 0 Å². The number of piperidine rings is 1. The fourth-order valence-corrected chi connectivity index (χ4v) is 3.34. The molecule has 2 heterocycles. The monoisotopic (exact) mass is 352 g/mol. The van der Waals surface area contributed by atoms with Crippen LogP contribution in [0.3, 0.4) is 0 Å². The molecule has 0 atom stereocenters. The first-order chi connectivity index (χ1) is 11.1. The quantitative estimate of drug-likeness (QED) is 0.847. The highest BCUT2D eigenvalue weighted by molar-refractivity contribution is 6.42. The van der Waals surface area contributed by atoms with Crippen LogP contribution in [0.15, 0.2) is 30.9 Å². The van der Waals surface area contributed by atoms with Gasteiger partial charge in [-0.15, -0.1) is 0 Å². The van der Waals surface area contributed by atoms with E-state index in [4.69, 9.17) is 23.2 Å². The summed E-state index contributed by atoms with van der Waals surface area (Å²) in [5.41, 5.74) is 0.921. The summed E-state index contributed by atoms with van der Waals surface area (Å²) in [4.78, 5) is 18.3. The molecule has 0 spiro atoms. The van der Waals surface area contributed by atoms with Gasteiger partial charge in [0.1, 0.15) is 12.7 Å². The fourth-order valence-electron chi connectivity index (χ4n) is 2.93. The van der Waals surface area contributed by atoms with E-state index in [0.717, 1.165) is 31.5 Å². The van der Waals surface area contributed by atoms with Gasteiger partial charge in [-0.2, -0.15) is 5.10 Å². The second-order valence-corrected chi connectivity index (χ2v) is 6.49. The van der Waals surface area contributed by atoms with E-state index in [2.05, 4.69) is 10.1 Å². The van der Waals surface area contributed by atoms with Crippen molar-refractivity contribution in [2.45, 2.75) is 31.7 Å². The second-order valence-electron chi connectivity index (χ2n) is 5.70. The van der Waals surface area contributed by atoms with Crippen molar-refractivity contribution in [3.05, 3.63) is 46.5 Å². The minimum absolute atomic E-state index is 0.165. The van der Waals surface area contributed by atoms with Gasteiger partial charge >= 0.3 is 0 Å². The molecule has 0 bridgehead atoms. The predicted molar refractivity (Wildman–Crippen MR) is 89.7 cm³/mol. The number of carbonyl (C=O) groups excluding carboxylic acids is 1. The third kappa shape index (κ3) is 3.85. The number of aryl methyl sites for hydroxylation is 1. The Morgan fingerprint density at radius 2 is 2.04 bits per heavy atom. The lowest BCUT2D eigenvalue weighted by atomic mass is 10.0. The van der Waals surface area contributed by atoms with Gasteiger partial charge in [0.05, 0.1) is 16.1 Å². The Morgan fingerprint density at radius 3 is 2.74 bits per heavy atom. The molecule has 1 aliphatic rings. The van der Waals surface area contributed by atoms with E-state index in [-0.39, 0.29) is 5.91 Å². The van der Waals surface area contributed by atoms with Crippen molar-refractivity contribution in [2.75, 3.05) is 13.1 Å². The number of aromatic nitrogens is 3.